The summed E-state index contributed by atoms with van der Waals surface area (Å²) in [6.45, 7) is 4.71. The van der Waals surface area contributed by atoms with Crippen LogP contribution in [0.1, 0.15) is 19.0 Å². The molecular formula is C13H20N4O2S. The van der Waals surface area contributed by atoms with Gasteiger partial charge in [0.15, 0.2) is 10.8 Å². The molecule has 20 heavy (non-hydrogen) atoms. The van der Waals surface area contributed by atoms with Crippen LogP contribution in [0.15, 0.2) is 11.6 Å². The summed E-state index contributed by atoms with van der Waals surface area (Å²) in [7, 11) is 0. The normalized spacial score (nSPS) is 23.1. The third-order valence-corrected chi connectivity index (χ3v) is 4.37. The van der Waals surface area contributed by atoms with Gasteiger partial charge in [-0.15, -0.1) is 11.3 Å². The maximum absolute atomic E-state index is 9.72. The summed E-state index contributed by atoms with van der Waals surface area (Å²) < 4.78 is 2.08. The Morgan fingerprint density at radius 3 is 2.85 bits per heavy atom. The zero-order valence-electron chi connectivity index (χ0n) is 11.5. The van der Waals surface area contributed by atoms with Crippen molar-refractivity contribution in [3.05, 3.63) is 17.3 Å². The molecule has 0 aromatic carbocycles. The van der Waals surface area contributed by atoms with E-state index in [1.54, 1.807) is 11.3 Å². The maximum Gasteiger partial charge on any atom is 0.195 e. The van der Waals surface area contributed by atoms with Crippen molar-refractivity contribution >= 4 is 22.1 Å². The SMILES string of the molecule is CCCNCc1c(N2CC(O)C(O)C2)nc2sccn12. The minimum atomic E-state index is -0.689. The number of aliphatic hydroxyl groups is 2. The highest BCUT2D eigenvalue weighted by Crippen LogP contribution is 2.27. The van der Waals surface area contributed by atoms with Gasteiger partial charge in [0.25, 0.3) is 0 Å². The van der Waals surface area contributed by atoms with Crippen LogP contribution in [0, 0.1) is 0 Å². The molecule has 3 rings (SSSR count). The molecule has 2 aromatic heterocycles. The first-order chi connectivity index (χ1) is 9.70. The molecule has 2 aromatic rings. The third kappa shape index (κ3) is 2.42. The lowest BCUT2D eigenvalue weighted by molar-refractivity contribution is 0.0572. The van der Waals surface area contributed by atoms with E-state index in [0.717, 1.165) is 36.0 Å². The number of rotatable bonds is 5. The number of aliphatic hydroxyl groups excluding tert-OH is 2. The van der Waals surface area contributed by atoms with Crippen LogP contribution in [0.5, 0.6) is 0 Å². The highest BCUT2D eigenvalue weighted by molar-refractivity contribution is 7.15. The lowest BCUT2D eigenvalue weighted by Gasteiger charge is -2.17. The Hall–Kier alpha value is -1.15. The lowest BCUT2D eigenvalue weighted by atomic mass is 10.3. The molecule has 7 heteroatoms. The van der Waals surface area contributed by atoms with Gasteiger partial charge in [0.05, 0.1) is 17.9 Å². The van der Waals surface area contributed by atoms with E-state index in [2.05, 4.69) is 21.6 Å². The number of thiazole rings is 1. The van der Waals surface area contributed by atoms with Crippen LogP contribution in [-0.2, 0) is 6.54 Å². The van der Waals surface area contributed by atoms with Crippen molar-refractivity contribution in [3.63, 3.8) is 0 Å². The molecule has 3 heterocycles. The van der Waals surface area contributed by atoms with Crippen LogP contribution in [0.25, 0.3) is 4.96 Å². The molecule has 6 nitrogen and oxygen atoms in total. The Morgan fingerprint density at radius 1 is 1.40 bits per heavy atom. The van der Waals surface area contributed by atoms with Crippen LogP contribution in [0.2, 0.25) is 0 Å². The van der Waals surface area contributed by atoms with Gasteiger partial charge in [0.2, 0.25) is 0 Å². The number of imidazole rings is 1. The predicted molar refractivity (Wildman–Crippen MR) is 79.3 cm³/mol. The lowest BCUT2D eigenvalue weighted by Crippen LogP contribution is -2.24. The van der Waals surface area contributed by atoms with Gasteiger partial charge in [-0.25, -0.2) is 4.98 Å². The van der Waals surface area contributed by atoms with Crippen molar-refractivity contribution in [1.82, 2.24) is 14.7 Å². The Kier molecular flexibility index (Phi) is 3.93. The highest BCUT2D eigenvalue weighted by Gasteiger charge is 2.32. The van der Waals surface area contributed by atoms with Crippen molar-refractivity contribution < 1.29 is 10.2 Å². The van der Waals surface area contributed by atoms with E-state index in [1.807, 2.05) is 16.5 Å². The smallest absolute Gasteiger partial charge is 0.195 e. The number of nitrogens with zero attached hydrogens (tertiary/aromatic N) is 3. The van der Waals surface area contributed by atoms with Gasteiger partial charge in [0.1, 0.15) is 0 Å². The monoisotopic (exact) mass is 296 g/mol. The van der Waals surface area contributed by atoms with Crippen molar-refractivity contribution in [3.8, 4) is 0 Å². The molecule has 0 bridgehead atoms. The second-order valence-corrected chi connectivity index (χ2v) is 6.03. The van der Waals surface area contributed by atoms with Crippen LogP contribution < -0.4 is 10.2 Å². The van der Waals surface area contributed by atoms with Gasteiger partial charge >= 0.3 is 0 Å². The van der Waals surface area contributed by atoms with E-state index in [4.69, 9.17) is 0 Å². The Bertz CT molecular complexity index is 572. The van der Waals surface area contributed by atoms with Gasteiger partial charge < -0.3 is 20.4 Å². The summed E-state index contributed by atoms with van der Waals surface area (Å²) >= 11 is 1.59. The fourth-order valence-electron chi connectivity index (χ4n) is 2.56. The predicted octanol–water partition coefficient (Wildman–Crippen LogP) is 0.437. The topological polar surface area (TPSA) is 73.0 Å². The molecule has 2 atom stereocenters. The van der Waals surface area contributed by atoms with Gasteiger partial charge in [-0.1, -0.05) is 6.92 Å². The molecule has 0 aliphatic carbocycles. The molecule has 0 saturated carbocycles. The molecular weight excluding hydrogens is 276 g/mol. The Morgan fingerprint density at radius 2 is 2.15 bits per heavy atom. The molecule has 1 aliphatic rings. The largest absolute Gasteiger partial charge is 0.389 e. The van der Waals surface area contributed by atoms with E-state index < -0.39 is 12.2 Å². The minimum Gasteiger partial charge on any atom is -0.389 e. The molecule has 1 aliphatic heterocycles. The highest BCUT2D eigenvalue weighted by atomic mass is 32.1. The van der Waals surface area contributed by atoms with Crippen molar-refractivity contribution in [2.75, 3.05) is 24.5 Å². The molecule has 1 saturated heterocycles. The van der Waals surface area contributed by atoms with Crippen molar-refractivity contribution in [2.45, 2.75) is 32.1 Å². The molecule has 0 radical (unpaired) electrons. The summed E-state index contributed by atoms with van der Waals surface area (Å²) in [4.78, 5) is 7.57. The summed E-state index contributed by atoms with van der Waals surface area (Å²) in [6.07, 6.45) is 1.72. The van der Waals surface area contributed by atoms with E-state index in [0.29, 0.717) is 13.1 Å². The summed E-state index contributed by atoms with van der Waals surface area (Å²) in [5.74, 6) is 0.871. The van der Waals surface area contributed by atoms with Gasteiger partial charge in [-0.2, -0.15) is 0 Å². The number of hydrogen-bond donors (Lipinski definition) is 3. The number of anilines is 1. The van der Waals surface area contributed by atoms with Crippen LogP contribution in [-0.4, -0.2) is 51.4 Å². The average Bonchev–Trinajstić information content (AvgIpc) is 3.07. The summed E-state index contributed by atoms with van der Waals surface area (Å²) in [5, 5.41) is 24.9. The fourth-order valence-corrected chi connectivity index (χ4v) is 3.29. The van der Waals surface area contributed by atoms with Gasteiger partial charge in [-0.05, 0) is 13.0 Å². The van der Waals surface area contributed by atoms with Crippen LogP contribution >= 0.6 is 11.3 Å². The fraction of sp³-hybridized carbons (Fsp3) is 0.615. The molecule has 0 amide bonds. The standard InChI is InChI=1S/C13H20N4O2S/c1-2-3-14-6-9-12(15-13-17(9)4-5-20-13)16-7-10(18)11(19)8-16/h4-5,10-11,14,18-19H,2-3,6-8H2,1H3. The number of nitrogens with one attached hydrogen (secondary N) is 1. The quantitative estimate of drug-likeness (QED) is 0.698. The van der Waals surface area contributed by atoms with Crippen LogP contribution in [0.4, 0.5) is 5.82 Å². The Balaban J connectivity index is 1.89. The molecule has 0 spiro atoms. The maximum atomic E-state index is 9.72. The summed E-state index contributed by atoms with van der Waals surface area (Å²) in [6, 6.07) is 0. The zero-order valence-corrected chi connectivity index (χ0v) is 12.3. The number of β-amino-alcohol motifs (C(OH)–C–C–N with tert-alkyl or cyclic N) is 2. The second kappa shape index (κ2) is 5.69. The van der Waals surface area contributed by atoms with E-state index in [1.165, 1.54) is 0 Å². The van der Waals surface area contributed by atoms with Crippen molar-refractivity contribution in [2.24, 2.45) is 0 Å². The first-order valence-electron chi connectivity index (χ1n) is 6.97. The van der Waals surface area contributed by atoms with Gasteiger partial charge in [-0.3, -0.25) is 4.40 Å². The number of fused-ring (bicyclic) bond motifs is 1. The van der Waals surface area contributed by atoms with Crippen molar-refractivity contribution in [1.29, 1.82) is 0 Å². The molecule has 2 unspecified atom stereocenters. The van der Waals surface area contributed by atoms with E-state index in [-0.39, 0.29) is 0 Å². The molecule has 110 valence electrons. The average molecular weight is 296 g/mol. The minimum absolute atomic E-state index is 0.437. The first-order valence-corrected chi connectivity index (χ1v) is 7.85. The Labute approximate surface area is 121 Å². The van der Waals surface area contributed by atoms with Gasteiger partial charge in [0, 0.05) is 31.2 Å². The zero-order chi connectivity index (χ0) is 14.1. The van der Waals surface area contributed by atoms with Crippen LogP contribution in [0.3, 0.4) is 0 Å². The second-order valence-electron chi connectivity index (χ2n) is 5.15. The third-order valence-electron chi connectivity index (χ3n) is 3.62. The summed E-state index contributed by atoms with van der Waals surface area (Å²) in [5.41, 5.74) is 1.09. The molecule has 1 fully saturated rings. The first kappa shape index (κ1) is 13.8. The number of aromatic nitrogens is 2. The van der Waals surface area contributed by atoms with E-state index >= 15 is 0 Å². The van der Waals surface area contributed by atoms with E-state index in [9.17, 15) is 10.2 Å². The number of hydrogen-bond acceptors (Lipinski definition) is 6. The molecule has 3 N–H and O–H groups in total.